The quantitative estimate of drug-likeness (QED) is 0.662. The van der Waals surface area contributed by atoms with Crippen molar-refractivity contribution in [1.29, 1.82) is 5.26 Å². The van der Waals surface area contributed by atoms with E-state index in [4.69, 9.17) is 10.00 Å². The molecule has 0 saturated carbocycles. The minimum atomic E-state index is 0.583. The minimum Gasteiger partial charge on any atom is -0.497 e. The van der Waals surface area contributed by atoms with Gasteiger partial charge in [0.1, 0.15) is 11.6 Å². The van der Waals surface area contributed by atoms with Gasteiger partial charge in [0.05, 0.1) is 18.7 Å². The molecule has 0 radical (unpaired) electrons. The first-order chi connectivity index (χ1) is 13.2. The summed E-state index contributed by atoms with van der Waals surface area (Å²) in [7, 11) is 1.66. The first-order valence-corrected chi connectivity index (χ1v) is 8.66. The number of hydrogen-bond donors (Lipinski definition) is 2. The lowest BCUT2D eigenvalue weighted by molar-refractivity contribution is 0.414. The molecule has 3 rings (SSSR count). The Labute approximate surface area is 158 Å². The standard InChI is InChI=1S/C21H21N5O/c1-15-13-20(25-18-7-3-17(14-22)4-8-18)26-21(24-15)23-12-11-16-5-9-19(27-2)10-6-16/h3-10,13H,11-12H2,1-2H3,(H2,23,24,25,26). The number of nitrogens with one attached hydrogen (secondary N) is 2. The van der Waals surface area contributed by atoms with Crippen LogP contribution in [0.5, 0.6) is 5.75 Å². The Bertz CT molecular complexity index is 930. The number of anilines is 3. The predicted molar refractivity (Wildman–Crippen MR) is 106 cm³/mol. The zero-order valence-electron chi connectivity index (χ0n) is 15.4. The first kappa shape index (κ1) is 18.2. The summed E-state index contributed by atoms with van der Waals surface area (Å²) in [5.74, 6) is 2.14. The van der Waals surface area contributed by atoms with Crippen LogP contribution in [-0.4, -0.2) is 23.6 Å². The second kappa shape index (κ2) is 8.68. The molecular formula is C21H21N5O. The second-order valence-electron chi connectivity index (χ2n) is 6.06. The van der Waals surface area contributed by atoms with Crippen molar-refractivity contribution in [2.45, 2.75) is 13.3 Å². The highest BCUT2D eigenvalue weighted by atomic mass is 16.5. The van der Waals surface area contributed by atoms with Crippen LogP contribution in [0, 0.1) is 18.3 Å². The third-order valence-electron chi connectivity index (χ3n) is 4.00. The van der Waals surface area contributed by atoms with Crippen LogP contribution >= 0.6 is 0 Å². The van der Waals surface area contributed by atoms with E-state index in [2.05, 4.69) is 38.8 Å². The van der Waals surface area contributed by atoms with Gasteiger partial charge < -0.3 is 15.4 Å². The van der Waals surface area contributed by atoms with Crippen molar-refractivity contribution >= 4 is 17.5 Å². The monoisotopic (exact) mass is 359 g/mol. The molecule has 2 aromatic carbocycles. The SMILES string of the molecule is COc1ccc(CCNc2nc(C)cc(Nc3ccc(C#N)cc3)n2)cc1. The van der Waals surface area contributed by atoms with Crippen LogP contribution in [0.3, 0.4) is 0 Å². The van der Waals surface area contributed by atoms with E-state index in [1.807, 2.05) is 37.3 Å². The summed E-state index contributed by atoms with van der Waals surface area (Å²) in [6.45, 7) is 2.66. The highest BCUT2D eigenvalue weighted by molar-refractivity contribution is 5.58. The summed E-state index contributed by atoms with van der Waals surface area (Å²) in [6.07, 6.45) is 0.861. The molecule has 0 bridgehead atoms. The molecule has 2 N–H and O–H groups in total. The smallest absolute Gasteiger partial charge is 0.224 e. The zero-order chi connectivity index (χ0) is 19.1. The Morgan fingerprint density at radius 3 is 2.44 bits per heavy atom. The fourth-order valence-electron chi connectivity index (χ4n) is 2.60. The van der Waals surface area contributed by atoms with Crippen molar-refractivity contribution < 1.29 is 4.74 Å². The molecular weight excluding hydrogens is 338 g/mol. The fourth-order valence-corrected chi connectivity index (χ4v) is 2.60. The number of ether oxygens (including phenoxy) is 1. The molecule has 1 heterocycles. The van der Waals surface area contributed by atoms with E-state index in [0.717, 1.165) is 30.1 Å². The molecule has 0 spiro atoms. The summed E-state index contributed by atoms with van der Waals surface area (Å²) in [5.41, 5.74) is 3.58. The number of hydrogen-bond acceptors (Lipinski definition) is 6. The number of aromatic nitrogens is 2. The number of methoxy groups -OCH3 is 1. The first-order valence-electron chi connectivity index (χ1n) is 8.66. The average Bonchev–Trinajstić information content (AvgIpc) is 2.69. The number of nitrogens with zero attached hydrogens (tertiary/aromatic N) is 3. The van der Waals surface area contributed by atoms with Gasteiger partial charge >= 0.3 is 0 Å². The van der Waals surface area contributed by atoms with Gasteiger partial charge in [0.15, 0.2) is 0 Å². The van der Waals surface area contributed by atoms with Crippen LogP contribution in [0.15, 0.2) is 54.6 Å². The van der Waals surface area contributed by atoms with Crippen molar-refractivity contribution in [3.05, 3.63) is 71.4 Å². The van der Waals surface area contributed by atoms with Crippen molar-refractivity contribution in [3.8, 4) is 11.8 Å². The average molecular weight is 359 g/mol. The van der Waals surface area contributed by atoms with E-state index < -0.39 is 0 Å². The molecule has 6 nitrogen and oxygen atoms in total. The predicted octanol–water partition coefficient (Wildman–Crippen LogP) is 4.06. The molecule has 0 aliphatic rings. The third-order valence-corrected chi connectivity index (χ3v) is 4.00. The molecule has 136 valence electrons. The van der Waals surface area contributed by atoms with Gasteiger partial charge in [-0.15, -0.1) is 0 Å². The van der Waals surface area contributed by atoms with E-state index in [0.29, 0.717) is 17.3 Å². The largest absolute Gasteiger partial charge is 0.497 e. The lowest BCUT2D eigenvalue weighted by Gasteiger charge is -2.10. The minimum absolute atomic E-state index is 0.583. The summed E-state index contributed by atoms with van der Waals surface area (Å²) < 4.78 is 5.17. The van der Waals surface area contributed by atoms with Crippen molar-refractivity contribution in [3.63, 3.8) is 0 Å². The van der Waals surface area contributed by atoms with Gasteiger partial charge in [-0.3, -0.25) is 0 Å². The fraction of sp³-hybridized carbons (Fsp3) is 0.190. The van der Waals surface area contributed by atoms with Gasteiger partial charge in [-0.1, -0.05) is 12.1 Å². The van der Waals surface area contributed by atoms with Crippen LogP contribution < -0.4 is 15.4 Å². The number of rotatable bonds is 7. The van der Waals surface area contributed by atoms with E-state index in [1.54, 1.807) is 19.2 Å². The maximum atomic E-state index is 8.88. The van der Waals surface area contributed by atoms with Crippen LogP contribution in [0.2, 0.25) is 0 Å². The van der Waals surface area contributed by atoms with Crippen LogP contribution in [0.1, 0.15) is 16.8 Å². The molecule has 0 saturated heterocycles. The Balaban J connectivity index is 1.61. The van der Waals surface area contributed by atoms with Gasteiger partial charge in [-0.25, -0.2) is 4.98 Å². The van der Waals surface area contributed by atoms with Gasteiger partial charge in [0, 0.05) is 24.0 Å². The van der Waals surface area contributed by atoms with E-state index in [-0.39, 0.29) is 0 Å². The molecule has 0 unspecified atom stereocenters. The third kappa shape index (κ3) is 5.19. The van der Waals surface area contributed by atoms with Gasteiger partial charge in [0.2, 0.25) is 5.95 Å². The van der Waals surface area contributed by atoms with Crippen LogP contribution in [-0.2, 0) is 6.42 Å². The van der Waals surface area contributed by atoms with Crippen molar-refractivity contribution in [2.24, 2.45) is 0 Å². The summed E-state index contributed by atoms with van der Waals surface area (Å²) in [6, 6.07) is 19.3. The van der Waals surface area contributed by atoms with Gasteiger partial charge in [-0.05, 0) is 55.3 Å². The number of benzene rings is 2. The highest BCUT2D eigenvalue weighted by Gasteiger charge is 2.03. The van der Waals surface area contributed by atoms with Gasteiger partial charge in [-0.2, -0.15) is 10.2 Å². The molecule has 0 amide bonds. The van der Waals surface area contributed by atoms with E-state index in [1.165, 1.54) is 5.56 Å². The lowest BCUT2D eigenvalue weighted by Crippen LogP contribution is -2.09. The maximum absolute atomic E-state index is 8.88. The topological polar surface area (TPSA) is 82.9 Å². The van der Waals surface area contributed by atoms with Crippen molar-refractivity contribution in [1.82, 2.24) is 9.97 Å². The Kier molecular flexibility index (Phi) is 5.85. The highest BCUT2D eigenvalue weighted by Crippen LogP contribution is 2.17. The Morgan fingerprint density at radius 2 is 1.78 bits per heavy atom. The zero-order valence-corrected chi connectivity index (χ0v) is 15.4. The van der Waals surface area contributed by atoms with Crippen LogP contribution in [0.4, 0.5) is 17.5 Å². The maximum Gasteiger partial charge on any atom is 0.224 e. The molecule has 3 aromatic rings. The Hall–Kier alpha value is -3.59. The van der Waals surface area contributed by atoms with Crippen LogP contribution in [0.25, 0.3) is 0 Å². The van der Waals surface area contributed by atoms with Gasteiger partial charge in [0.25, 0.3) is 0 Å². The second-order valence-corrected chi connectivity index (χ2v) is 6.06. The normalized spacial score (nSPS) is 10.1. The molecule has 0 atom stereocenters. The number of aryl methyl sites for hydroxylation is 1. The summed E-state index contributed by atoms with van der Waals surface area (Å²) in [4.78, 5) is 8.95. The molecule has 0 fully saturated rings. The Morgan fingerprint density at radius 1 is 1.04 bits per heavy atom. The van der Waals surface area contributed by atoms with E-state index in [9.17, 15) is 0 Å². The lowest BCUT2D eigenvalue weighted by atomic mass is 10.1. The summed E-state index contributed by atoms with van der Waals surface area (Å²) in [5, 5.41) is 15.4. The van der Waals surface area contributed by atoms with E-state index >= 15 is 0 Å². The summed E-state index contributed by atoms with van der Waals surface area (Å²) >= 11 is 0. The van der Waals surface area contributed by atoms with Crippen molar-refractivity contribution in [2.75, 3.05) is 24.3 Å². The number of nitriles is 1. The molecule has 6 heteroatoms. The molecule has 1 aromatic heterocycles. The molecule has 27 heavy (non-hydrogen) atoms. The molecule has 0 aliphatic heterocycles. The molecule has 0 aliphatic carbocycles.